The fourth-order valence-electron chi connectivity index (χ4n) is 2.47. The molecule has 6 nitrogen and oxygen atoms in total. The SMILES string of the molecule is C#CCN(C(=O)OC(C)(C)C)c1ccc(S(C)(=O)=O)c2c1OCC2. The molecular formula is C17H21NO5S. The summed E-state index contributed by atoms with van der Waals surface area (Å²) in [4.78, 5) is 14.0. The minimum absolute atomic E-state index is 0.0110. The van der Waals surface area contributed by atoms with Gasteiger partial charge in [0.1, 0.15) is 11.4 Å². The van der Waals surface area contributed by atoms with Crippen LogP contribution in [-0.4, -0.2) is 39.5 Å². The Morgan fingerprint density at radius 1 is 1.42 bits per heavy atom. The summed E-state index contributed by atoms with van der Waals surface area (Å²) in [6.45, 7) is 5.61. The van der Waals surface area contributed by atoms with E-state index in [-0.39, 0.29) is 11.4 Å². The molecule has 1 aromatic carbocycles. The molecule has 1 aliphatic rings. The number of amides is 1. The summed E-state index contributed by atoms with van der Waals surface area (Å²) in [7, 11) is -3.39. The summed E-state index contributed by atoms with van der Waals surface area (Å²) in [5.74, 6) is 2.79. The first-order valence-electron chi connectivity index (χ1n) is 7.47. The minimum Gasteiger partial charge on any atom is -0.491 e. The number of nitrogens with zero attached hydrogens (tertiary/aromatic N) is 1. The Labute approximate surface area is 142 Å². The van der Waals surface area contributed by atoms with E-state index in [9.17, 15) is 13.2 Å². The molecule has 0 bridgehead atoms. The number of terminal acetylenes is 1. The molecule has 0 saturated heterocycles. The summed E-state index contributed by atoms with van der Waals surface area (Å²) < 4.78 is 34.8. The first-order chi connectivity index (χ1) is 11.0. The van der Waals surface area contributed by atoms with Gasteiger partial charge in [0.05, 0.1) is 23.7 Å². The molecule has 0 spiro atoms. The van der Waals surface area contributed by atoms with E-state index in [0.29, 0.717) is 30.0 Å². The highest BCUT2D eigenvalue weighted by atomic mass is 32.2. The number of benzene rings is 1. The fourth-order valence-corrected chi connectivity index (χ4v) is 3.42. The smallest absolute Gasteiger partial charge is 0.415 e. The normalized spacial score (nSPS) is 13.6. The van der Waals surface area contributed by atoms with Gasteiger partial charge in [-0.15, -0.1) is 6.42 Å². The van der Waals surface area contributed by atoms with Crippen LogP contribution in [-0.2, 0) is 21.0 Å². The second kappa shape index (κ2) is 6.36. The van der Waals surface area contributed by atoms with Gasteiger partial charge < -0.3 is 9.47 Å². The van der Waals surface area contributed by atoms with Crippen molar-refractivity contribution in [2.75, 3.05) is 24.3 Å². The second-order valence-electron chi connectivity index (χ2n) is 6.53. The molecule has 1 aliphatic heterocycles. The largest absolute Gasteiger partial charge is 0.491 e. The molecule has 0 saturated carbocycles. The lowest BCUT2D eigenvalue weighted by Gasteiger charge is -2.27. The molecule has 0 radical (unpaired) electrons. The number of ether oxygens (including phenoxy) is 2. The lowest BCUT2D eigenvalue weighted by molar-refractivity contribution is 0.0584. The van der Waals surface area contributed by atoms with Crippen LogP contribution in [0.25, 0.3) is 0 Å². The molecule has 0 aliphatic carbocycles. The van der Waals surface area contributed by atoms with Gasteiger partial charge in [-0.05, 0) is 32.9 Å². The Morgan fingerprint density at radius 3 is 2.62 bits per heavy atom. The summed E-state index contributed by atoms with van der Waals surface area (Å²) in [6, 6.07) is 3.01. The number of hydrogen-bond donors (Lipinski definition) is 0. The van der Waals surface area contributed by atoms with Crippen molar-refractivity contribution in [1.29, 1.82) is 0 Å². The molecule has 1 aromatic rings. The Bertz CT molecular complexity index is 799. The number of anilines is 1. The predicted octanol–water partition coefficient (Wildman–Crippen LogP) is 2.40. The zero-order chi connectivity index (χ0) is 18.1. The number of sulfone groups is 1. The third-order valence-corrected chi connectivity index (χ3v) is 4.53. The van der Waals surface area contributed by atoms with Gasteiger partial charge in [-0.1, -0.05) is 5.92 Å². The van der Waals surface area contributed by atoms with Crippen molar-refractivity contribution in [2.24, 2.45) is 0 Å². The Hall–Kier alpha value is -2.20. The van der Waals surface area contributed by atoms with Gasteiger partial charge in [0.25, 0.3) is 0 Å². The Kier molecular flexibility index (Phi) is 4.81. The van der Waals surface area contributed by atoms with Crippen LogP contribution in [0.15, 0.2) is 17.0 Å². The van der Waals surface area contributed by atoms with Crippen molar-refractivity contribution in [3.05, 3.63) is 17.7 Å². The molecule has 1 heterocycles. The predicted molar refractivity (Wildman–Crippen MR) is 91.2 cm³/mol. The van der Waals surface area contributed by atoms with Crippen molar-refractivity contribution in [3.8, 4) is 18.1 Å². The van der Waals surface area contributed by atoms with Crippen LogP contribution < -0.4 is 9.64 Å². The molecule has 0 atom stereocenters. The van der Waals surface area contributed by atoms with Crippen LogP contribution in [0.2, 0.25) is 0 Å². The summed E-state index contributed by atoms with van der Waals surface area (Å²) in [5, 5.41) is 0. The van der Waals surface area contributed by atoms with Crippen molar-refractivity contribution < 1.29 is 22.7 Å². The van der Waals surface area contributed by atoms with Gasteiger partial charge in [-0.2, -0.15) is 0 Å². The first kappa shape index (κ1) is 18.1. The highest BCUT2D eigenvalue weighted by molar-refractivity contribution is 7.90. The third kappa shape index (κ3) is 3.82. The topological polar surface area (TPSA) is 72.9 Å². The van der Waals surface area contributed by atoms with E-state index in [0.717, 1.165) is 6.26 Å². The second-order valence-corrected chi connectivity index (χ2v) is 8.52. The van der Waals surface area contributed by atoms with Crippen LogP contribution in [0.4, 0.5) is 10.5 Å². The van der Waals surface area contributed by atoms with E-state index in [4.69, 9.17) is 15.9 Å². The average molecular weight is 351 g/mol. The van der Waals surface area contributed by atoms with Gasteiger partial charge in [-0.3, -0.25) is 4.90 Å². The van der Waals surface area contributed by atoms with Crippen molar-refractivity contribution >= 4 is 21.6 Å². The maximum atomic E-state index is 12.5. The van der Waals surface area contributed by atoms with Crippen molar-refractivity contribution in [3.63, 3.8) is 0 Å². The molecular weight excluding hydrogens is 330 g/mol. The molecule has 0 N–H and O–H groups in total. The van der Waals surface area contributed by atoms with E-state index in [1.165, 1.54) is 17.0 Å². The van der Waals surface area contributed by atoms with E-state index < -0.39 is 21.5 Å². The molecule has 7 heteroatoms. The quantitative estimate of drug-likeness (QED) is 0.782. The zero-order valence-corrected chi connectivity index (χ0v) is 15.1. The lowest BCUT2D eigenvalue weighted by atomic mass is 10.1. The van der Waals surface area contributed by atoms with Crippen LogP contribution in [0.5, 0.6) is 5.75 Å². The first-order valence-corrected chi connectivity index (χ1v) is 9.36. The van der Waals surface area contributed by atoms with E-state index in [2.05, 4.69) is 5.92 Å². The standard InChI is InChI=1S/C17H21NO5S/c1-6-10-18(16(19)23-17(2,3)4)13-7-8-14(24(5,20)21)12-9-11-22-15(12)13/h1,7-8H,9-11H2,2-5H3. The number of fused-ring (bicyclic) bond motifs is 1. The maximum absolute atomic E-state index is 12.5. The fraction of sp³-hybridized carbons (Fsp3) is 0.471. The van der Waals surface area contributed by atoms with Gasteiger partial charge >= 0.3 is 6.09 Å². The zero-order valence-electron chi connectivity index (χ0n) is 14.3. The van der Waals surface area contributed by atoms with Crippen LogP contribution in [0, 0.1) is 12.3 Å². The van der Waals surface area contributed by atoms with Gasteiger partial charge in [-0.25, -0.2) is 13.2 Å². The highest BCUT2D eigenvalue weighted by Gasteiger charge is 2.30. The maximum Gasteiger partial charge on any atom is 0.415 e. The molecule has 1 amide bonds. The average Bonchev–Trinajstić information content (AvgIpc) is 2.89. The van der Waals surface area contributed by atoms with Gasteiger partial charge in [0.2, 0.25) is 0 Å². The van der Waals surface area contributed by atoms with Crippen LogP contribution in [0.3, 0.4) is 0 Å². The summed E-state index contributed by atoms with van der Waals surface area (Å²) in [6.07, 6.45) is 6.38. The van der Waals surface area contributed by atoms with Crippen LogP contribution in [0.1, 0.15) is 26.3 Å². The third-order valence-electron chi connectivity index (χ3n) is 3.35. The molecule has 130 valence electrons. The highest BCUT2D eigenvalue weighted by Crippen LogP contribution is 2.40. The molecule has 2 rings (SSSR count). The number of carbonyl (C=O) groups excluding carboxylic acids is 1. The monoisotopic (exact) mass is 351 g/mol. The lowest BCUT2D eigenvalue weighted by Crippen LogP contribution is -2.37. The van der Waals surface area contributed by atoms with E-state index >= 15 is 0 Å². The molecule has 0 aromatic heterocycles. The van der Waals surface area contributed by atoms with E-state index in [1.54, 1.807) is 20.8 Å². The van der Waals surface area contributed by atoms with Gasteiger partial charge in [0.15, 0.2) is 9.84 Å². The van der Waals surface area contributed by atoms with Crippen molar-refractivity contribution in [2.45, 2.75) is 37.7 Å². The summed E-state index contributed by atoms with van der Waals surface area (Å²) >= 11 is 0. The minimum atomic E-state index is -3.39. The Morgan fingerprint density at radius 2 is 2.08 bits per heavy atom. The molecule has 24 heavy (non-hydrogen) atoms. The van der Waals surface area contributed by atoms with Crippen LogP contribution >= 0.6 is 0 Å². The summed E-state index contributed by atoms with van der Waals surface area (Å²) in [5.41, 5.74) is 0.309. The molecule has 0 fully saturated rings. The number of carbonyl (C=O) groups is 1. The van der Waals surface area contributed by atoms with E-state index in [1.807, 2.05) is 0 Å². The molecule has 0 unspecified atom stereocenters. The Balaban J connectivity index is 2.52. The van der Waals surface area contributed by atoms with Crippen molar-refractivity contribution in [1.82, 2.24) is 0 Å². The van der Waals surface area contributed by atoms with Gasteiger partial charge in [0, 0.05) is 18.2 Å². The number of hydrogen-bond acceptors (Lipinski definition) is 5. The number of rotatable bonds is 3.